The Morgan fingerprint density at radius 2 is 1.67 bits per heavy atom. The summed E-state index contributed by atoms with van der Waals surface area (Å²) >= 11 is 0. The van der Waals surface area contributed by atoms with E-state index in [2.05, 4.69) is 0 Å². The fourth-order valence-corrected chi connectivity index (χ4v) is 0.760. The van der Waals surface area contributed by atoms with Crippen molar-refractivity contribution in [2.75, 3.05) is 0 Å². The first kappa shape index (κ1) is 8.70. The van der Waals surface area contributed by atoms with Crippen LogP contribution in [-0.4, -0.2) is 10.2 Å². The predicted molar refractivity (Wildman–Crippen MR) is 34.8 cm³/mol. The molecule has 0 heterocycles. The van der Waals surface area contributed by atoms with E-state index in [-0.39, 0.29) is 0 Å². The van der Waals surface area contributed by atoms with Gasteiger partial charge in [0.2, 0.25) is 0 Å². The van der Waals surface area contributed by atoms with Crippen LogP contribution in [0, 0.1) is 0 Å². The lowest BCUT2D eigenvalue weighted by Gasteiger charge is -2.07. The van der Waals surface area contributed by atoms with Gasteiger partial charge < -0.3 is 10.2 Å². The van der Waals surface area contributed by atoms with Gasteiger partial charge in [0.25, 0.3) is 0 Å². The van der Waals surface area contributed by atoms with E-state index in [0.29, 0.717) is 12.1 Å². The Labute approximate surface area is 65.9 Å². The monoisotopic (exact) mass is 178 g/mol. The zero-order valence-electron chi connectivity index (χ0n) is 5.76. The van der Waals surface area contributed by atoms with E-state index in [9.17, 15) is 13.2 Å². The lowest BCUT2D eigenvalue weighted by atomic mass is 10.2. The second-order valence-corrected chi connectivity index (χ2v) is 2.20. The summed E-state index contributed by atoms with van der Waals surface area (Å²) in [4.78, 5) is 0. The molecule has 2 N–H and O–H groups in total. The third-order valence-corrected chi connectivity index (χ3v) is 1.29. The van der Waals surface area contributed by atoms with Gasteiger partial charge in [-0.1, -0.05) is 0 Å². The molecule has 0 saturated carbocycles. The molecule has 0 aliphatic heterocycles. The van der Waals surface area contributed by atoms with E-state index < -0.39 is 23.2 Å². The zero-order valence-corrected chi connectivity index (χ0v) is 5.76. The molecule has 0 aliphatic carbocycles. The van der Waals surface area contributed by atoms with E-state index in [0.717, 1.165) is 6.07 Å². The van der Waals surface area contributed by atoms with Crippen LogP contribution in [0.3, 0.4) is 0 Å². The highest BCUT2D eigenvalue weighted by Crippen LogP contribution is 2.36. The topological polar surface area (TPSA) is 40.5 Å². The first-order valence-corrected chi connectivity index (χ1v) is 3.00. The van der Waals surface area contributed by atoms with Gasteiger partial charge in [-0.25, -0.2) is 0 Å². The molecule has 0 amide bonds. The van der Waals surface area contributed by atoms with E-state index in [1.807, 2.05) is 0 Å². The van der Waals surface area contributed by atoms with Crippen molar-refractivity contribution in [1.29, 1.82) is 0 Å². The van der Waals surface area contributed by atoms with Gasteiger partial charge >= 0.3 is 6.18 Å². The highest BCUT2D eigenvalue weighted by molar-refractivity contribution is 5.40. The average Bonchev–Trinajstić information content (AvgIpc) is 1.83. The highest BCUT2D eigenvalue weighted by atomic mass is 19.4. The van der Waals surface area contributed by atoms with Crippen molar-refractivity contribution in [2.24, 2.45) is 0 Å². The average molecular weight is 178 g/mol. The molecule has 0 aromatic heterocycles. The Balaban J connectivity index is 3.19. The van der Waals surface area contributed by atoms with Gasteiger partial charge in [0.05, 0.1) is 5.56 Å². The Bertz CT molecular complexity index is 293. The molecule has 2 nitrogen and oxygen atoms in total. The number of phenols is 2. The van der Waals surface area contributed by atoms with Crippen LogP contribution in [-0.2, 0) is 6.18 Å². The molecule has 5 heteroatoms. The van der Waals surface area contributed by atoms with Gasteiger partial charge in [0.1, 0.15) is 11.5 Å². The fourth-order valence-electron chi connectivity index (χ4n) is 0.760. The molecule has 0 aliphatic rings. The van der Waals surface area contributed by atoms with Crippen molar-refractivity contribution in [3.63, 3.8) is 0 Å². The molecule has 0 fully saturated rings. The molecule has 0 unspecified atom stereocenters. The van der Waals surface area contributed by atoms with Crippen LogP contribution < -0.4 is 0 Å². The van der Waals surface area contributed by atoms with Crippen LogP contribution in [0.1, 0.15) is 5.56 Å². The third-order valence-electron chi connectivity index (χ3n) is 1.29. The van der Waals surface area contributed by atoms with Crippen LogP contribution in [0.25, 0.3) is 0 Å². The SMILES string of the molecule is Oc1ccc(C(F)(F)F)c(O)c1. The number of hydrogen-bond donors (Lipinski definition) is 2. The van der Waals surface area contributed by atoms with E-state index in [1.165, 1.54) is 0 Å². The van der Waals surface area contributed by atoms with E-state index in [4.69, 9.17) is 10.2 Å². The summed E-state index contributed by atoms with van der Waals surface area (Å²) in [6.07, 6.45) is -4.59. The van der Waals surface area contributed by atoms with Gasteiger partial charge in [-0.15, -0.1) is 0 Å². The van der Waals surface area contributed by atoms with Crippen LogP contribution in [0.5, 0.6) is 11.5 Å². The maximum absolute atomic E-state index is 11.9. The molecule has 12 heavy (non-hydrogen) atoms. The van der Waals surface area contributed by atoms with Crippen molar-refractivity contribution in [3.8, 4) is 11.5 Å². The molecule has 0 saturated heterocycles. The van der Waals surface area contributed by atoms with Crippen molar-refractivity contribution in [2.45, 2.75) is 6.18 Å². The second-order valence-electron chi connectivity index (χ2n) is 2.20. The molecule has 1 aromatic rings. The molecular weight excluding hydrogens is 173 g/mol. The smallest absolute Gasteiger partial charge is 0.419 e. The highest BCUT2D eigenvalue weighted by Gasteiger charge is 2.33. The summed E-state index contributed by atoms with van der Waals surface area (Å²) in [5, 5.41) is 17.4. The molecule has 1 aromatic carbocycles. The third kappa shape index (κ3) is 1.61. The summed E-state index contributed by atoms with van der Waals surface area (Å²) in [5.74, 6) is -1.37. The Hall–Kier alpha value is -1.39. The predicted octanol–water partition coefficient (Wildman–Crippen LogP) is 2.12. The lowest BCUT2D eigenvalue weighted by Crippen LogP contribution is -2.04. The zero-order chi connectivity index (χ0) is 9.35. The minimum Gasteiger partial charge on any atom is -0.508 e. The van der Waals surface area contributed by atoms with E-state index >= 15 is 0 Å². The van der Waals surface area contributed by atoms with Gasteiger partial charge in [-0.05, 0) is 12.1 Å². The van der Waals surface area contributed by atoms with Crippen molar-refractivity contribution in [1.82, 2.24) is 0 Å². The Kier molecular flexibility index (Phi) is 1.87. The minimum absolute atomic E-state index is 0.402. The van der Waals surface area contributed by atoms with Crippen molar-refractivity contribution >= 4 is 0 Å². The number of alkyl halides is 3. The number of phenolic OH excluding ortho intramolecular Hbond substituents is 2. The molecule has 0 atom stereocenters. The Morgan fingerprint density at radius 3 is 2.08 bits per heavy atom. The molecule has 0 bridgehead atoms. The fraction of sp³-hybridized carbons (Fsp3) is 0.143. The number of halogens is 3. The molecule has 66 valence electrons. The first-order chi connectivity index (χ1) is 5.41. The molecular formula is C7H5F3O2. The van der Waals surface area contributed by atoms with Gasteiger partial charge in [0.15, 0.2) is 0 Å². The van der Waals surface area contributed by atoms with E-state index in [1.54, 1.807) is 0 Å². The molecule has 1 rings (SSSR count). The van der Waals surface area contributed by atoms with Crippen molar-refractivity contribution in [3.05, 3.63) is 23.8 Å². The molecule has 0 radical (unpaired) electrons. The lowest BCUT2D eigenvalue weighted by molar-refractivity contribution is -0.138. The van der Waals surface area contributed by atoms with Gasteiger partial charge in [-0.3, -0.25) is 0 Å². The van der Waals surface area contributed by atoms with Gasteiger partial charge in [-0.2, -0.15) is 13.2 Å². The normalized spacial score (nSPS) is 11.6. The number of benzene rings is 1. The first-order valence-electron chi connectivity index (χ1n) is 3.00. The largest absolute Gasteiger partial charge is 0.508 e. The van der Waals surface area contributed by atoms with Crippen LogP contribution in [0.2, 0.25) is 0 Å². The summed E-state index contributed by atoms with van der Waals surface area (Å²) in [6, 6.07) is 2.12. The number of rotatable bonds is 0. The molecule has 0 spiro atoms. The van der Waals surface area contributed by atoms with Crippen LogP contribution >= 0.6 is 0 Å². The maximum atomic E-state index is 11.9. The Morgan fingerprint density at radius 1 is 1.08 bits per heavy atom. The van der Waals surface area contributed by atoms with Gasteiger partial charge in [0, 0.05) is 6.07 Å². The van der Waals surface area contributed by atoms with Crippen LogP contribution in [0.15, 0.2) is 18.2 Å². The summed E-state index contributed by atoms with van der Waals surface area (Å²) in [5.41, 5.74) is -1.15. The minimum atomic E-state index is -4.59. The number of aromatic hydroxyl groups is 2. The maximum Gasteiger partial charge on any atom is 0.419 e. The summed E-state index contributed by atoms with van der Waals surface area (Å²) in [7, 11) is 0. The number of hydrogen-bond acceptors (Lipinski definition) is 2. The summed E-state index contributed by atoms with van der Waals surface area (Å²) < 4.78 is 35.8. The summed E-state index contributed by atoms with van der Waals surface area (Å²) in [6.45, 7) is 0. The quantitative estimate of drug-likeness (QED) is 0.638. The second kappa shape index (κ2) is 2.58. The standard InChI is InChI=1S/C7H5F3O2/c8-7(9,10)5-2-1-4(11)3-6(5)12/h1-3,11-12H. The van der Waals surface area contributed by atoms with Crippen LogP contribution in [0.4, 0.5) is 13.2 Å². The van der Waals surface area contributed by atoms with Crippen molar-refractivity contribution < 1.29 is 23.4 Å².